The van der Waals surface area contributed by atoms with E-state index >= 15 is 0 Å². The smallest absolute Gasteiger partial charge is 0.253 e. The molecule has 0 unspecified atom stereocenters. The molecular weight excluding hydrogens is 302 g/mol. The second kappa shape index (κ2) is 6.95. The molecule has 0 atom stereocenters. The second-order valence-electron chi connectivity index (χ2n) is 6.34. The van der Waals surface area contributed by atoms with Crippen molar-refractivity contribution in [2.75, 3.05) is 20.2 Å². The Kier molecular flexibility index (Phi) is 4.74. The third kappa shape index (κ3) is 3.37. The standard InChI is InChI=1S/C20H23NO3/c1-14-3-4-17(13-19(14)24-2)20(23)21-11-9-16(10-12-21)15-5-7-18(22)8-6-15/h3-8,13,16,22H,9-12H2,1-2H3. The minimum absolute atomic E-state index is 0.0671. The SMILES string of the molecule is COc1cc(C(=O)N2CCC(c3ccc(O)cc3)CC2)ccc1C. The first kappa shape index (κ1) is 16.4. The number of likely N-dealkylation sites (tertiary alicyclic amines) is 1. The van der Waals surface area contributed by atoms with Crippen molar-refractivity contribution in [1.29, 1.82) is 0 Å². The molecule has 1 N–H and O–H groups in total. The number of nitrogens with zero attached hydrogens (tertiary/aromatic N) is 1. The molecule has 2 aromatic carbocycles. The Bertz CT molecular complexity index is 716. The molecule has 4 heteroatoms. The number of carbonyl (C=O) groups excluding carboxylic acids is 1. The summed E-state index contributed by atoms with van der Waals surface area (Å²) in [7, 11) is 1.62. The van der Waals surface area contributed by atoms with Crippen LogP contribution in [-0.2, 0) is 0 Å². The number of ether oxygens (including phenoxy) is 1. The van der Waals surface area contributed by atoms with E-state index in [0.717, 1.165) is 37.2 Å². The first-order valence-corrected chi connectivity index (χ1v) is 8.31. The van der Waals surface area contributed by atoms with Crippen molar-refractivity contribution in [3.63, 3.8) is 0 Å². The number of phenolic OH excluding ortho intramolecular Hbond substituents is 1. The average molecular weight is 325 g/mol. The lowest BCUT2D eigenvalue weighted by atomic mass is 9.89. The lowest BCUT2D eigenvalue weighted by molar-refractivity contribution is 0.0712. The number of aryl methyl sites for hydroxylation is 1. The number of aromatic hydroxyl groups is 1. The highest BCUT2D eigenvalue weighted by Gasteiger charge is 2.25. The number of amides is 1. The van der Waals surface area contributed by atoms with E-state index in [4.69, 9.17) is 4.74 Å². The van der Waals surface area contributed by atoms with E-state index in [-0.39, 0.29) is 5.91 Å². The second-order valence-corrected chi connectivity index (χ2v) is 6.34. The van der Waals surface area contributed by atoms with Gasteiger partial charge in [0, 0.05) is 18.7 Å². The summed E-state index contributed by atoms with van der Waals surface area (Å²) < 4.78 is 5.32. The van der Waals surface area contributed by atoms with E-state index in [0.29, 0.717) is 17.2 Å². The third-order valence-electron chi connectivity index (χ3n) is 4.80. The molecule has 0 radical (unpaired) electrons. The first-order chi connectivity index (χ1) is 11.6. The predicted molar refractivity (Wildman–Crippen MR) is 93.7 cm³/mol. The first-order valence-electron chi connectivity index (χ1n) is 8.31. The van der Waals surface area contributed by atoms with Gasteiger partial charge in [-0.15, -0.1) is 0 Å². The monoisotopic (exact) mass is 325 g/mol. The van der Waals surface area contributed by atoms with Crippen LogP contribution >= 0.6 is 0 Å². The normalized spacial score (nSPS) is 15.3. The fourth-order valence-corrected chi connectivity index (χ4v) is 3.30. The van der Waals surface area contributed by atoms with Crippen molar-refractivity contribution >= 4 is 5.91 Å². The molecule has 24 heavy (non-hydrogen) atoms. The van der Waals surface area contributed by atoms with Gasteiger partial charge in [-0.1, -0.05) is 18.2 Å². The number of methoxy groups -OCH3 is 1. The molecule has 126 valence electrons. The van der Waals surface area contributed by atoms with E-state index in [1.807, 2.05) is 42.2 Å². The maximum atomic E-state index is 12.7. The summed E-state index contributed by atoms with van der Waals surface area (Å²) in [4.78, 5) is 14.6. The van der Waals surface area contributed by atoms with Crippen LogP contribution in [0, 0.1) is 6.92 Å². The summed E-state index contributed by atoms with van der Waals surface area (Å²) in [5.41, 5.74) is 2.94. The topological polar surface area (TPSA) is 49.8 Å². The fraction of sp³-hybridized carbons (Fsp3) is 0.350. The summed E-state index contributed by atoms with van der Waals surface area (Å²) in [6.45, 7) is 3.47. The molecule has 0 spiro atoms. The number of hydrogen-bond acceptors (Lipinski definition) is 3. The van der Waals surface area contributed by atoms with E-state index in [2.05, 4.69) is 0 Å². The minimum atomic E-state index is 0.0671. The molecule has 2 aromatic rings. The van der Waals surface area contributed by atoms with Crippen molar-refractivity contribution in [1.82, 2.24) is 4.90 Å². The molecule has 1 aliphatic heterocycles. The summed E-state index contributed by atoms with van der Waals surface area (Å²) >= 11 is 0. The maximum absolute atomic E-state index is 12.7. The van der Waals surface area contributed by atoms with Crippen molar-refractivity contribution in [3.05, 3.63) is 59.2 Å². The van der Waals surface area contributed by atoms with Gasteiger partial charge in [-0.05, 0) is 61.1 Å². The number of carbonyl (C=O) groups is 1. The van der Waals surface area contributed by atoms with Crippen molar-refractivity contribution < 1.29 is 14.6 Å². The van der Waals surface area contributed by atoms with Gasteiger partial charge in [0.2, 0.25) is 0 Å². The van der Waals surface area contributed by atoms with Gasteiger partial charge in [0.25, 0.3) is 5.91 Å². The Balaban J connectivity index is 1.66. The largest absolute Gasteiger partial charge is 0.508 e. The molecule has 1 saturated heterocycles. The molecule has 1 heterocycles. The van der Waals surface area contributed by atoms with Gasteiger partial charge in [0.15, 0.2) is 0 Å². The number of benzene rings is 2. The zero-order chi connectivity index (χ0) is 17.1. The summed E-state index contributed by atoms with van der Waals surface area (Å²) in [5.74, 6) is 1.55. The van der Waals surface area contributed by atoms with Crippen LogP contribution < -0.4 is 4.74 Å². The van der Waals surface area contributed by atoms with Crippen molar-refractivity contribution in [3.8, 4) is 11.5 Å². The highest BCUT2D eigenvalue weighted by atomic mass is 16.5. The van der Waals surface area contributed by atoms with E-state index in [1.54, 1.807) is 19.2 Å². The Morgan fingerprint density at radius 3 is 2.42 bits per heavy atom. The molecule has 0 bridgehead atoms. The van der Waals surface area contributed by atoms with Crippen LogP contribution in [0.25, 0.3) is 0 Å². The lowest BCUT2D eigenvalue weighted by Crippen LogP contribution is -2.37. The summed E-state index contributed by atoms with van der Waals surface area (Å²) in [5, 5.41) is 9.40. The Morgan fingerprint density at radius 1 is 1.12 bits per heavy atom. The molecule has 0 aromatic heterocycles. The highest BCUT2D eigenvalue weighted by molar-refractivity contribution is 5.94. The highest BCUT2D eigenvalue weighted by Crippen LogP contribution is 2.30. The fourth-order valence-electron chi connectivity index (χ4n) is 3.30. The average Bonchev–Trinajstić information content (AvgIpc) is 2.62. The zero-order valence-corrected chi connectivity index (χ0v) is 14.2. The van der Waals surface area contributed by atoms with Gasteiger partial charge < -0.3 is 14.7 Å². The summed E-state index contributed by atoms with van der Waals surface area (Å²) in [6, 6.07) is 13.0. The minimum Gasteiger partial charge on any atom is -0.508 e. The molecule has 0 aliphatic carbocycles. The van der Waals surface area contributed by atoms with Crippen LogP contribution in [0.2, 0.25) is 0 Å². The van der Waals surface area contributed by atoms with Gasteiger partial charge in [-0.25, -0.2) is 0 Å². The van der Waals surface area contributed by atoms with Crippen LogP contribution in [0.3, 0.4) is 0 Å². The Morgan fingerprint density at radius 2 is 1.79 bits per heavy atom. The Labute approximate surface area is 142 Å². The third-order valence-corrected chi connectivity index (χ3v) is 4.80. The van der Waals surface area contributed by atoms with Crippen molar-refractivity contribution in [2.45, 2.75) is 25.7 Å². The number of rotatable bonds is 3. The predicted octanol–water partition coefficient (Wildman–Crippen LogP) is 3.73. The van der Waals surface area contributed by atoms with Crippen LogP contribution in [0.1, 0.15) is 40.2 Å². The van der Waals surface area contributed by atoms with Crippen molar-refractivity contribution in [2.24, 2.45) is 0 Å². The van der Waals surface area contributed by atoms with Gasteiger partial charge in [-0.3, -0.25) is 4.79 Å². The quantitative estimate of drug-likeness (QED) is 0.935. The maximum Gasteiger partial charge on any atom is 0.253 e. The van der Waals surface area contributed by atoms with Crippen LogP contribution in [0.5, 0.6) is 11.5 Å². The van der Waals surface area contributed by atoms with Gasteiger partial charge >= 0.3 is 0 Å². The van der Waals surface area contributed by atoms with E-state index in [9.17, 15) is 9.90 Å². The van der Waals surface area contributed by atoms with Crippen LogP contribution in [0.4, 0.5) is 0 Å². The van der Waals surface area contributed by atoms with Crippen LogP contribution in [-0.4, -0.2) is 36.1 Å². The molecular formula is C20H23NO3. The lowest BCUT2D eigenvalue weighted by Gasteiger charge is -2.32. The summed E-state index contributed by atoms with van der Waals surface area (Å²) in [6.07, 6.45) is 1.89. The van der Waals surface area contributed by atoms with E-state index < -0.39 is 0 Å². The van der Waals surface area contributed by atoms with Gasteiger partial charge in [0.1, 0.15) is 11.5 Å². The molecule has 0 saturated carbocycles. The zero-order valence-electron chi connectivity index (χ0n) is 14.2. The van der Waals surface area contributed by atoms with Crippen LogP contribution in [0.15, 0.2) is 42.5 Å². The molecule has 1 fully saturated rings. The van der Waals surface area contributed by atoms with Gasteiger partial charge in [0.05, 0.1) is 7.11 Å². The number of piperidine rings is 1. The number of phenols is 1. The molecule has 1 aliphatic rings. The molecule has 4 nitrogen and oxygen atoms in total. The van der Waals surface area contributed by atoms with Gasteiger partial charge in [-0.2, -0.15) is 0 Å². The number of hydrogen-bond donors (Lipinski definition) is 1. The van der Waals surface area contributed by atoms with E-state index in [1.165, 1.54) is 5.56 Å². The Hall–Kier alpha value is -2.49. The molecule has 3 rings (SSSR count). The molecule has 1 amide bonds.